The Morgan fingerprint density at radius 3 is 2.55 bits per heavy atom. The van der Waals surface area contributed by atoms with E-state index in [1.54, 1.807) is 36.8 Å². The van der Waals surface area contributed by atoms with E-state index in [1.165, 1.54) is 11.3 Å². The molecule has 0 radical (unpaired) electrons. The minimum atomic E-state index is -3.50. The molecule has 0 saturated heterocycles. The van der Waals surface area contributed by atoms with Crippen molar-refractivity contribution in [3.8, 4) is 5.75 Å². The fourth-order valence-electron chi connectivity index (χ4n) is 1.87. The van der Waals surface area contributed by atoms with Gasteiger partial charge in [0.2, 0.25) is 0 Å². The van der Waals surface area contributed by atoms with Crippen LogP contribution in [-0.2, 0) is 10.0 Å². The van der Waals surface area contributed by atoms with Crippen LogP contribution < -0.4 is 9.46 Å². The first-order valence-electron chi connectivity index (χ1n) is 6.18. The van der Waals surface area contributed by atoms with Gasteiger partial charge in [0.15, 0.2) is 0 Å². The van der Waals surface area contributed by atoms with E-state index in [2.05, 4.69) is 4.72 Å². The summed E-state index contributed by atoms with van der Waals surface area (Å²) in [4.78, 5) is 0. The number of anilines is 1. The Morgan fingerprint density at radius 2 is 2.00 bits per heavy atom. The lowest BCUT2D eigenvalue weighted by atomic mass is 10.0. The van der Waals surface area contributed by atoms with Crippen LogP contribution in [0.3, 0.4) is 0 Å². The number of sulfonamides is 1. The molecule has 20 heavy (non-hydrogen) atoms. The number of ether oxygens (including phenoxy) is 1. The van der Waals surface area contributed by atoms with Crippen molar-refractivity contribution < 1.29 is 13.2 Å². The predicted molar refractivity (Wildman–Crippen MR) is 82.2 cm³/mol. The Bertz CT molecular complexity index is 676. The standard InChI is InChI=1S/C14H17NO3S2/c1-10(2)12-9-11(6-7-13(12)18-3)15-20(16,17)14-5-4-8-19-14/h4-10,15H,1-3H3. The van der Waals surface area contributed by atoms with Crippen LogP contribution in [0.5, 0.6) is 5.75 Å². The summed E-state index contributed by atoms with van der Waals surface area (Å²) in [6.45, 7) is 4.07. The van der Waals surface area contributed by atoms with E-state index in [9.17, 15) is 8.42 Å². The lowest BCUT2D eigenvalue weighted by Crippen LogP contribution is -2.11. The highest BCUT2D eigenvalue weighted by atomic mass is 32.2. The van der Waals surface area contributed by atoms with Crippen molar-refractivity contribution in [1.82, 2.24) is 0 Å². The van der Waals surface area contributed by atoms with Crippen molar-refractivity contribution in [2.24, 2.45) is 0 Å². The molecule has 0 aliphatic carbocycles. The van der Waals surface area contributed by atoms with E-state index in [-0.39, 0.29) is 5.92 Å². The maximum atomic E-state index is 12.2. The third-order valence-electron chi connectivity index (χ3n) is 2.86. The molecule has 1 heterocycles. The molecule has 1 N–H and O–H groups in total. The summed E-state index contributed by atoms with van der Waals surface area (Å²) in [6, 6.07) is 8.60. The van der Waals surface area contributed by atoms with Crippen LogP contribution in [-0.4, -0.2) is 15.5 Å². The van der Waals surface area contributed by atoms with Crippen LogP contribution in [0, 0.1) is 0 Å². The van der Waals surface area contributed by atoms with Crippen LogP contribution in [0.4, 0.5) is 5.69 Å². The third-order valence-corrected chi connectivity index (χ3v) is 5.64. The van der Waals surface area contributed by atoms with E-state index in [4.69, 9.17) is 4.74 Å². The number of thiophene rings is 1. The first kappa shape index (κ1) is 14.9. The monoisotopic (exact) mass is 311 g/mol. The first-order valence-corrected chi connectivity index (χ1v) is 8.54. The van der Waals surface area contributed by atoms with Crippen LogP contribution in [0.1, 0.15) is 25.3 Å². The Labute approximate surface area is 123 Å². The molecule has 0 aliphatic heterocycles. The summed E-state index contributed by atoms with van der Waals surface area (Å²) >= 11 is 1.19. The maximum Gasteiger partial charge on any atom is 0.271 e. The fourth-order valence-corrected chi connectivity index (χ4v) is 3.91. The zero-order valence-corrected chi connectivity index (χ0v) is 13.2. The van der Waals surface area contributed by atoms with Gasteiger partial charge >= 0.3 is 0 Å². The Hall–Kier alpha value is -1.53. The van der Waals surface area contributed by atoms with E-state index in [0.717, 1.165) is 11.3 Å². The third kappa shape index (κ3) is 3.13. The van der Waals surface area contributed by atoms with Crippen LogP contribution in [0.25, 0.3) is 0 Å². The lowest BCUT2D eigenvalue weighted by molar-refractivity contribution is 0.407. The van der Waals surface area contributed by atoms with Crippen molar-refractivity contribution in [1.29, 1.82) is 0 Å². The number of rotatable bonds is 5. The zero-order chi connectivity index (χ0) is 14.8. The Kier molecular flexibility index (Phi) is 4.35. The summed E-state index contributed by atoms with van der Waals surface area (Å²) in [5.74, 6) is 1.01. The maximum absolute atomic E-state index is 12.2. The van der Waals surface area contributed by atoms with Gasteiger partial charge in [-0.25, -0.2) is 8.42 Å². The second-order valence-electron chi connectivity index (χ2n) is 4.65. The minimum absolute atomic E-state index is 0.246. The fraction of sp³-hybridized carbons (Fsp3) is 0.286. The van der Waals surface area contributed by atoms with Crippen molar-refractivity contribution >= 4 is 27.0 Å². The average Bonchev–Trinajstić information content (AvgIpc) is 2.92. The summed E-state index contributed by atoms with van der Waals surface area (Å²) in [7, 11) is -1.90. The van der Waals surface area contributed by atoms with Gasteiger partial charge in [-0.15, -0.1) is 11.3 Å². The van der Waals surface area contributed by atoms with Crippen molar-refractivity contribution in [3.63, 3.8) is 0 Å². The highest BCUT2D eigenvalue weighted by Crippen LogP contribution is 2.30. The number of benzene rings is 1. The van der Waals surface area contributed by atoms with Crippen molar-refractivity contribution in [2.45, 2.75) is 24.0 Å². The second kappa shape index (κ2) is 5.85. The van der Waals surface area contributed by atoms with Crippen molar-refractivity contribution in [3.05, 3.63) is 41.3 Å². The van der Waals surface area contributed by atoms with Gasteiger partial charge in [-0.3, -0.25) is 4.72 Å². The van der Waals surface area contributed by atoms with Crippen LogP contribution >= 0.6 is 11.3 Å². The molecule has 0 amide bonds. The largest absolute Gasteiger partial charge is 0.496 e. The predicted octanol–water partition coefficient (Wildman–Crippen LogP) is 3.68. The van der Waals surface area contributed by atoms with E-state index < -0.39 is 10.0 Å². The van der Waals surface area contributed by atoms with Crippen molar-refractivity contribution in [2.75, 3.05) is 11.8 Å². The number of hydrogen-bond acceptors (Lipinski definition) is 4. The van der Waals surface area contributed by atoms with Gasteiger partial charge in [0.1, 0.15) is 9.96 Å². The Morgan fingerprint density at radius 1 is 1.25 bits per heavy atom. The molecule has 0 spiro atoms. The van der Waals surface area contributed by atoms with Gasteiger partial charge in [0.25, 0.3) is 10.0 Å². The molecule has 2 aromatic rings. The van der Waals surface area contributed by atoms with E-state index in [1.807, 2.05) is 19.9 Å². The number of nitrogens with one attached hydrogen (secondary N) is 1. The molecule has 0 aliphatic rings. The van der Waals surface area contributed by atoms with Crippen LogP contribution in [0.15, 0.2) is 39.9 Å². The molecule has 108 valence electrons. The number of hydrogen-bond donors (Lipinski definition) is 1. The van der Waals surface area contributed by atoms with E-state index in [0.29, 0.717) is 9.90 Å². The first-order chi connectivity index (χ1) is 9.44. The molecule has 0 unspecified atom stereocenters. The van der Waals surface area contributed by atoms with Gasteiger partial charge in [0, 0.05) is 5.69 Å². The van der Waals surface area contributed by atoms with Crippen LogP contribution in [0.2, 0.25) is 0 Å². The van der Waals surface area contributed by atoms with E-state index >= 15 is 0 Å². The SMILES string of the molecule is COc1ccc(NS(=O)(=O)c2cccs2)cc1C(C)C. The molecule has 0 fully saturated rings. The smallest absolute Gasteiger partial charge is 0.271 e. The van der Waals surface area contributed by atoms with Gasteiger partial charge < -0.3 is 4.74 Å². The highest BCUT2D eigenvalue weighted by Gasteiger charge is 2.16. The summed E-state index contributed by atoms with van der Waals surface area (Å²) in [5, 5.41) is 1.74. The Balaban J connectivity index is 2.33. The summed E-state index contributed by atoms with van der Waals surface area (Å²) in [5.41, 5.74) is 1.52. The van der Waals surface area contributed by atoms with Gasteiger partial charge in [-0.2, -0.15) is 0 Å². The molecule has 1 aromatic heterocycles. The normalized spacial score (nSPS) is 11.6. The molecular weight excluding hydrogens is 294 g/mol. The molecule has 4 nitrogen and oxygen atoms in total. The summed E-state index contributed by atoms with van der Waals surface area (Å²) < 4.78 is 32.5. The molecule has 0 saturated carbocycles. The lowest BCUT2D eigenvalue weighted by Gasteiger charge is -2.14. The van der Waals surface area contributed by atoms with Gasteiger partial charge in [0.05, 0.1) is 7.11 Å². The zero-order valence-electron chi connectivity index (χ0n) is 11.6. The minimum Gasteiger partial charge on any atom is -0.496 e. The molecule has 6 heteroatoms. The quantitative estimate of drug-likeness (QED) is 0.916. The molecule has 2 rings (SSSR count). The second-order valence-corrected chi connectivity index (χ2v) is 7.51. The molecule has 0 bridgehead atoms. The van der Waals surface area contributed by atoms with Gasteiger partial charge in [-0.1, -0.05) is 19.9 Å². The molecular formula is C14H17NO3S2. The average molecular weight is 311 g/mol. The van der Waals surface area contributed by atoms with Gasteiger partial charge in [-0.05, 0) is 41.1 Å². The topological polar surface area (TPSA) is 55.4 Å². The highest BCUT2D eigenvalue weighted by molar-refractivity contribution is 7.94. The number of methoxy groups -OCH3 is 1. The molecule has 0 atom stereocenters. The molecule has 1 aromatic carbocycles. The summed E-state index contributed by atoms with van der Waals surface area (Å²) in [6.07, 6.45) is 0.